The van der Waals surface area contributed by atoms with Crippen LogP contribution in [-0.2, 0) is 16.6 Å². The molecule has 1 aromatic heterocycles. The monoisotopic (exact) mass is 270 g/mol. The summed E-state index contributed by atoms with van der Waals surface area (Å²) in [5, 5.41) is 0. The average molecular weight is 270 g/mol. The molecule has 0 amide bonds. The van der Waals surface area contributed by atoms with Gasteiger partial charge in [0.2, 0.25) is 10.0 Å². The maximum Gasteiger partial charge on any atom is 0.211 e. The third-order valence-corrected chi connectivity index (χ3v) is 4.55. The van der Waals surface area contributed by atoms with E-state index in [4.69, 9.17) is 0 Å². The largest absolute Gasteiger partial charge is 0.354 e. The van der Waals surface area contributed by atoms with Crippen LogP contribution in [0.5, 0.6) is 0 Å². The highest BCUT2D eigenvalue weighted by molar-refractivity contribution is 7.88. The lowest BCUT2D eigenvalue weighted by atomic mass is 9.99. The van der Waals surface area contributed by atoms with Gasteiger partial charge >= 0.3 is 0 Å². The van der Waals surface area contributed by atoms with Gasteiger partial charge in [-0.3, -0.25) is 4.79 Å². The van der Waals surface area contributed by atoms with Crippen molar-refractivity contribution in [2.24, 2.45) is 5.92 Å². The molecule has 2 rings (SSSR count). The first kappa shape index (κ1) is 13.3. The molecule has 1 saturated heterocycles. The van der Waals surface area contributed by atoms with E-state index in [1.165, 1.54) is 18.4 Å². The van der Waals surface area contributed by atoms with Gasteiger partial charge in [-0.05, 0) is 18.8 Å². The second-order valence-corrected chi connectivity index (χ2v) is 6.84. The predicted octanol–water partition coefficient (Wildman–Crippen LogP) is 0.520. The molecule has 0 bridgehead atoms. The summed E-state index contributed by atoms with van der Waals surface area (Å²) >= 11 is 0. The quantitative estimate of drug-likeness (QED) is 0.804. The zero-order valence-electron chi connectivity index (χ0n) is 10.4. The van der Waals surface area contributed by atoms with Crippen LogP contribution >= 0.6 is 0 Å². The molecular weight excluding hydrogens is 252 g/mol. The highest BCUT2D eigenvalue weighted by Crippen LogP contribution is 2.19. The van der Waals surface area contributed by atoms with Crippen molar-refractivity contribution < 1.29 is 8.42 Å². The molecule has 0 radical (unpaired) electrons. The molecule has 2 heterocycles. The Balaban J connectivity index is 2.02. The fourth-order valence-electron chi connectivity index (χ4n) is 2.34. The Morgan fingerprint density at radius 2 is 2.00 bits per heavy atom. The first-order valence-electron chi connectivity index (χ1n) is 6.06. The Kier molecular flexibility index (Phi) is 3.87. The van der Waals surface area contributed by atoms with Crippen LogP contribution < -0.4 is 5.43 Å². The van der Waals surface area contributed by atoms with E-state index in [1.807, 2.05) is 4.57 Å². The molecule has 1 aliphatic heterocycles. The SMILES string of the molecule is CS(=O)(=O)N1CCCC(Cn2ccc(=O)cc2)C1. The lowest BCUT2D eigenvalue weighted by Gasteiger charge is -2.31. The molecule has 0 aromatic carbocycles. The topological polar surface area (TPSA) is 59.4 Å². The predicted molar refractivity (Wildman–Crippen MR) is 69.8 cm³/mol. The van der Waals surface area contributed by atoms with E-state index in [1.54, 1.807) is 16.7 Å². The van der Waals surface area contributed by atoms with Gasteiger partial charge in [0, 0.05) is 44.2 Å². The van der Waals surface area contributed by atoms with Gasteiger partial charge in [-0.15, -0.1) is 0 Å². The van der Waals surface area contributed by atoms with Crippen molar-refractivity contribution in [3.05, 3.63) is 34.7 Å². The highest BCUT2D eigenvalue weighted by atomic mass is 32.2. The van der Waals surface area contributed by atoms with Crippen LogP contribution in [0.1, 0.15) is 12.8 Å². The zero-order valence-corrected chi connectivity index (χ0v) is 11.3. The van der Waals surface area contributed by atoms with E-state index < -0.39 is 10.0 Å². The lowest BCUT2D eigenvalue weighted by molar-refractivity contribution is 0.246. The van der Waals surface area contributed by atoms with Crippen LogP contribution in [-0.4, -0.2) is 36.6 Å². The Bertz CT molecular complexity index is 544. The van der Waals surface area contributed by atoms with Crippen molar-refractivity contribution in [3.8, 4) is 0 Å². The summed E-state index contributed by atoms with van der Waals surface area (Å²) in [6.45, 7) is 1.96. The molecule has 0 spiro atoms. The van der Waals surface area contributed by atoms with E-state index >= 15 is 0 Å². The minimum Gasteiger partial charge on any atom is -0.354 e. The van der Waals surface area contributed by atoms with Crippen LogP contribution in [0.25, 0.3) is 0 Å². The summed E-state index contributed by atoms with van der Waals surface area (Å²) < 4.78 is 26.5. The van der Waals surface area contributed by atoms with E-state index in [0.717, 1.165) is 19.4 Å². The summed E-state index contributed by atoms with van der Waals surface area (Å²) in [5.74, 6) is 0.316. The molecule has 1 fully saturated rings. The second-order valence-electron chi connectivity index (χ2n) is 4.86. The summed E-state index contributed by atoms with van der Waals surface area (Å²) in [7, 11) is -3.08. The highest BCUT2D eigenvalue weighted by Gasteiger charge is 2.25. The van der Waals surface area contributed by atoms with E-state index in [0.29, 0.717) is 19.0 Å². The molecule has 0 aliphatic carbocycles. The minimum atomic E-state index is -3.08. The lowest BCUT2D eigenvalue weighted by Crippen LogP contribution is -2.40. The van der Waals surface area contributed by atoms with E-state index in [-0.39, 0.29) is 5.43 Å². The average Bonchev–Trinajstić information content (AvgIpc) is 2.31. The van der Waals surface area contributed by atoms with Crippen LogP contribution in [0.3, 0.4) is 0 Å². The maximum absolute atomic E-state index is 11.5. The summed E-state index contributed by atoms with van der Waals surface area (Å²) in [6, 6.07) is 3.05. The Morgan fingerprint density at radius 1 is 1.33 bits per heavy atom. The van der Waals surface area contributed by atoms with Crippen molar-refractivity contribution in [3.63, 3.8) is 0 Å². The van der Waals surface area contributed by atoms with Crippen molar-refractivity contribution >= 4 is 10.0 Å². The molecule has 1 atom stereocenters. The number of piperidine rings is 1. The Labute approximate surface area is 107 Å². The molecule has 0 saturated carbocycles. The number of hydrogen-bond donors (Lipinski definition) is 0. The first-order valence-corrected chi connectivity index (χ1v) is 7.91. The first-order chi connectivity index (χ1) is 8.45. The summed E-state index contributed by atoms with van der Waals surface area (Å²) in [5.41, 5.74) is -0.00680. The van der Waals surface area contributed by atoms with E-state index in [9.17, 15) is 13.2 Å². The number of aromatic nitrogens is 1. The molecule has 1 aliphatic rings. The second kappa shape index (κ2) is 5.24. The van der Waals surface area contributed by atoms with E-state index in [2.05, 4.69) is 0 Å². The fraction of sp³-hybridized carbons (Fsp3) is 0.583. The van der Waals surface area contributed by atoms with Gasteiger partial charge in [-0.25, -0.2) is 12.7 Å². The fourth-order valence-corrected chi connectivity index (χ4v) is 3.28. The van der Waals surface area contributed by atoms with Crippen molar-refractivity contribution in [1.82, 2.24) is 8.87 Å². The van der Waals surface area contributed by atoms with Crippen molar-refractivity contribution in [2.75, 3.05) is 19.3 Å². The standard InChI is InChI=1S/C12H18N2O3S/c1-18(16,17)14-6-2-3-11(10-14)9-13-7-4-12(15)5-8-13/h4-5,7-8,11H,2-3,6,9-10H2,1H3. The number of rotatable bonds is 3. The van der Waals surface area contributed by atoms with Gasteiger partial charge in [0.1, 0.15) is 0 Å². The molecule has 6 heteroatoms. The Hall–Kier alpha value is -1.14. The van der Waals surface area contributed by atoms with Crippen LogP contribution in [0, 0.1) is 5.92 Å². The van der Waals surface area contributed by atoms with Gasteiger partial charge in [0.15, 0.2) is 5.43 Å². The normalized spacial score (nSPS) is 21.9. The van der Waals surface area contributed by atoms with Crippen LogP contribution in [0.15, 0.2) is 29.3 Å². The van der Waals surface area contributed by atoms with Crippen LogP contribution in [0.2, 0.25) is 0 Å². The number of sulfonamides is 1. The van der Waals surface area contributed by atoms with Gasteiger partial charge in [0.25, 0.3) is 0 Å². The number of pyridine rings is 1. The van der Waals surface area contributed by atoms with Crippen molar-refractivity contribution in [1.29, 1.82) is 0 Å². The van der Waals surface area contributed by atoms with Gasteiger partial charge in [0.05, 0.1) is 6.26 Å². The van der Waals surface area contributed by atoms with Gasteiger partial charge in [-0.2, -0.15) is 0 Å². The molecule has 1 aromatic rings. The summed E-state index contributed by atoms with van der Waals surface area (Å²) in [6.07, 6.45) is 6.69. The minimum absolute atomic E-state index is 0.00680. The molecular formula is C12H18N2O3S. The van der Waals surface area contributed by atoms with Gasteiger partial charge < -0.3 is 4.57 Å². The molecule has 5 nitrogen and oxygen atoms in total. The smallest absolute Gasteiger partial charge is 0.211 e. The third-order valence-electron chi connectivity index (χ3n) is 3.28. The summed E-state index contributed by atoms with van der Waals surface area (Å²) in [4.78, 5) is 11.0. The number of nitrogens with zero attached hydrogens (tertiary/aromatic N) is 2. The van der Waals surface area contributed by atoms with Gasteiger partial charge in [-0.1, -0.05) is 0 Å². The number of hydrogen-bond acceptors (Lipinski definition) is 3. The third kappa shape index (κ3) is 3.43. The maximum atomic E-state index is 11.5. The Morgan fingerprint density at radius 3 is 2.61 bits per heavy atom. The van der Waals surface area contributed by atoms with Crippen molar-refractivity contribution in [2.45, 2.75) is 19.4 Å². The molecule has 1 unspecified atom stereocenters. The molecule has 100 valence electrons. The molecule has 0 N–H and O–H groups in total. The molecule has 18 heavy (non-hydrogen) atoms. The zero-order chi connectivity index (χ0) is 13.2. The van der Waals surface area contributed by atoms with Crippen LogP contribution in [0.4, 0.5) is 0 Å².